The highest BCUT2D eigenvalue weighted by Crippen LogP contribution is 2.29. The molecule has 0 saturated carbocycles. The molecule has 0 radical (unpaired) electrons. The van der Waals surface area contributed by atoms with E-state index >= 15 is 0 Å². The molecule has 5 nitrogen and oxygen atoms in total. The lowest BCUT2D eigenvalue weighted by Gasteiger charge is -2.05. The summed E-state index contributed by atoms with van der Waals surface area (Å²) in [5.74, 6) is 0.459. The van der Waals surface area contributed by atoms with Crippen LogP contribution in [0.1, 0.15) is 0 Å². The molecule has 0 aromatic carbocycles. The van der Waals surface area contributed by atoms with E-state index in [0.717, 1.165) is 14.5 Å². The van der Waals surface area contributed by atoms with E-state index in [1.165, 1.54) is 0 Å². The maximum atomic E-state index is 6.11. The molecule has 0 fully saturated rings. The van der Waals surface area contributed by atoms with Crippen molar-refractivity contribution in [2.75, 3.05) is 0 Å². The highest BCUT2D eigenvalue weighted by molar-refractivity contribution is 9.11. The molecule has 3 aromatic heterocycles. The van der Waals surface area contributed by atoms with Crippen molar-refractivity contribution in [1.29, 1.82) is 0 Å². The van der Waals surface area contributed by atoms with E-state index in [4.69, 9.17) is 11.6 Å². The van der Waals surface area contributed by atoms with Crippen LogP contribution in [-0.2, 0) is 7.05 Å². The van der Waals surface area contributed by atoms with Crippen molar-refractivity contribution in [1.82, 2.24) is 24.7 Å². The number of aryl methyl sites for hydroxylation is 1. The Bertz CT molecular complexity index is 818. The molecule has 0 atom stereocenters. The van der Waals surface area contributed by atoms with Crippen molar-refractivity contribution in [3.8, 4) is 22.8 Å². The SMILES string of the molecule is Cn1cc(-c2cc(Cl)nc(-c3ncc(Br)cc3Br)n2)cn1. The molecule has 0 spiro atoms. The summed E-state index contributed by atoms with van der Waals surface area (Å²) < 4.78 is 3.36. The van der Waals surface area contributed by atoms with Crippen molar-refractivity contribution in [3.05, 3.63) is 44.8 Å². The number of pyridine rings is 1. The Hall–Kier alpha value is -1.31. The average molecular weight is 430 g/mol. The van der Waals surface area contributed by atoms with Gasteiger partial charge in [-0.3, -0.25) is 9.67 Å². The van der Waals surface area contributed by atoms with Crippen LogP contribution >= 0.6 is 43.5 Å². The third kappa shape index (κ3) is 3.14. The van der Waals surface area contributed by atoms with Gasteiger partial charge in [0.2, 0.25) is 0 Å². The lowest BCUT2D eigenvalue weighted by atomic mass is 10.2. The highest BCUT2D eigenvalue weighted by atomic mass is 79.9. The molecule has 0 amide bonds. The van der Waals surface area contributed by atoms with E-state index in [2.05, 4.69) is 51.9 Å². The normalized spacial score (nSPS) is 10.9. The van der Waals surface area contributed by atoms with Crippen LogP contribution in [0, 0.1) is 0 Å². The van der Waals surface area contributed by atoms with Gasteiger partial charge in [-0.1, -0.05) is 11.6 Å². The summed E-state index contributed by atoms with van der Waals surface area (Å²) in [6, 6.07) is 3.59. The summed E-state index contributed by atoms with van der Waals surface area (Å²) in [5.41, 5.74) is 2.21. The van der Waals surface area contributed by atoms with Gasteiger partial charge in [0.05, 0.1) is 11.9 Å². The zero-order valence-electron chi connectivity index (χ0n) is 10.8. The summed E-state index contributed by atoms with van der Waals surface area (Å²) in [6.45, 7) is 0. The minimum Gasteiger partial charge on any atom is -0.275 e. The summed E-state index contributed by atoms with van der Waals surface area (Å²) in [7, 11) is 1.85. The molecule has 8 heteroatoms. The van der Waals surface area contributed by atoms with E-state index in [1.807, 2.05) is 19.3 Å². The van der Waals surface area contributed by atoms with Crippen molar-refractivity contribution >= 4 is 43.5 Å². The van der Waals surface area contributed by atoms with Crippen LogP contribution < -0.4 is 0 Å². The van der Waals surface area contributed by atoms with Crippen LogP contribution in [0.3, 0.4) is 0 Å². The van der Waals surface area contributed by atoms with Crippen molar-refractivity contribution < 1.29 is 0 Å². The van der Waals surface area contributed by atoms with Gasteiger partial charge in [-0.25, -0.2) is 9.97 Å². The number of rotatable bonds is 2. The molecule has 0 bridgehead atoms. The minimum absolute atomic E-state index is 0.357. The molecule has 0 N–H and O–H groups in total. The number of nitrogens with zero attached hydrogens (tertiary/aromatic N) is 5. The van der Waals surface area contributed by atoms with Gasteiger partial charge in [0.25, 0.3) is 0 Å². The Morgan fingerprint density at radius 1 is 1.14 bits per heavy atom. The van der Waals surface area contributed by atoms with Crippen LogP contribution in [0.25, 0.3) is 22.8 Å². The topological polar surface area (TPSA) is 56.5 Å². The highest BCUT2D eigenvalue weighted by Gasteiger charge is 2.13. The Morgan fingerprint density at radius 2 is 1.95 bits per heavy atom. The van der Waals surface area contributed by atoms with Crippen molar-refractivity contribution in [2.45, 2.75) is 0 Å². The number of hydrogen-bond acceptors (Lipinski definition) is 4. The van der Waals surface area contributed by atoms with E-state index in [-0.39, 0.29) is 0 Å². The van der Waals surface area contributed by atoms with Gasteiger partial charge in [0, 0.05) is 40.0 Å². The summed E-state index contributed by atoms with van der Waals surface area (Å²) in [6.07, 6.45) is 5.28. The van der Waals surface area contributed by atoms with E-state index < -0.39 is 0 Å². The molecule has 0 aliphatic heterocycles. The molecule has 3 aromatic rings. The third-order valence-corrected chi connectivity index (χ3v) is 3.95. The Balaban J connectivity index is 2.13. The number of halogens is 3. The predicted molar refractivity (Wildman–Crippen MR) is 87.9 cm³/mol. The number of hydrogen-bond donors (Lipinski definition) is 0. The van der Waals surface area contributed by atoms with Gasteiger partial charge in [0.15, 0.2) is 5.82 Å². The van der Waals surface area contributed by atoms with Crippen LogP contribution in [0.4, 0.5) is 0 Å². The molecule has 3 heterocycles. The standard InChI is InChI=1S/C13H8Br2ClN5/c1-21-6-7(4-18-21)10-3-11(16)20-13(19-10)12-9(15)2-8(14)5-17-12/h2-6H,1H3. The number of aromatic nitrogens is 5. The quantitative estimate of drug-likeness (QED) is 0.575. The molecule has 0 aliphatic rings. The van der Waals surface area contributed by atoms with E-state index in [0.29, 0.717) is 22.4 Å². The van der Waals surface area contributed by atoms with E-state index in [9.17, 15) is 0 Å². The second kappa shape index (κ2) is 5.82. The first-order valence-electron chi connectivity index (χ1n) is 5.88. The maximum Gasteiger partial charge on any atom is 0.181 e. The average Bonchev–Trinajstić information content (AvgIpc) is 2.84. The van der Waals surface area contributed by atoms with Crippen LogP contribution in [-0.4, -0.2) is 24.7 Å². The summed E-state index contributed by atoms with van der Waals surface area (Å²) in [5, 5.41) is 4.49. The van der Waals surface area contributed by atoms with Crippen LogP contribution in [0.5, 0.6) is 0 Å². The maximum absolute atomic E-state index is 6.11. The Kier molecular flexibility index (Phi) is 4.05. The fraction of sp³-hybridized carbons (Fsp3) is 0.0769. The second-order valence-corrected chi connectivity index (χ2v) is 6.44. The van der Waals surface area contributed by atoms with Gasteiger partial charge in [-0.15, -0.1) is 0 Å². The van der Waals surface area contributed by atoms with Gasteiger partial charge >= 0.3 is 0 Å². The largest absolute Gasteiger partial charge is 0.275 e. The summed E-state index contributed by atoms with van der Waals surface area (Å²) >= 11 is 12.9. The van der Waals surface area contributed by atoms with Crippen molar-refractivity contribution in [2.24, 2.45) is 7.05 Å². The molecule has 0 aliphatic carbocycles. The fourth-order valence-corrected chi connectivity index (χ4v) is 3.15. The molecular formula is C13H8Br2ClN5. The van der Waals surface area contributed by atoms with Gasteiger partial charge in [-0.05, 0) is 37.9 Å². The smallest absolute Gasteiger partial charge is 0.181 e. The van der Waals surface area contributed by atoms with Crippen LogP contribution in [0.15, 0.2) is 39.7 Å². The first-order valence-corrected chi connectivity index (χ1v) is 7.84. The lowest BCUT2D eigenvalue weighted by molar-refractivity contribution is 0.768. The molecule has 106 valence electrons. The Labute approximate surface area is 142 Å². The monoisotopic (exact) mass is 427 g/mol. The molecular weight excluding hydrogens is 421 g/mol. The first-order chi connectivity index (χ1) is 10.0. The molecule has 21 heavy (non-hydrogen) atoms. The molecule has 0 unspecified atom stereocenters. The zero-order chi connectivity index (χ0) is 15.0. The third-order valence-electron chi connectivity index (χ3n) is 2.72. The second-order valence-electron chi connectivity index (χ2n) is 4.29. The lowest BCUT2D eigenvalue weighted by Crippen LogP contribution is -1.95. The predicted octanol–water partition coefficient (Wildman–Crippen LogP) is 4.12. The minimum atomic E-state index is 0.357. The van der Waals surface area contributed by atoms with E-state index in [1.54, 1.807) is 23.1 Å². The first kappa shape index (κ1) is 14.6. The van der Waals surface area contributed by atoms with Gasteiger partial charge in [0.1, 0.15) is 10.8 Å². The van der Waals surface area contributed by atoms with Crippen LogP contribution in [0.2, 0.25) is 5.15 Å². The summed E-state index contributed by atoms with van der Waals surface area (Å²) in [4.78, 5) is 13.1. The molecule has 0 saturated heterocycles. The van der Waals surface area contributed by atoms with Crippen molar-refractivity contribution in [3.63, 3.8) is 0 Å². The molecule has 3 rings (SSSR count). The zero-order valence-corrected chi connectivity index (χ0v) is 14.7. The Morgan fingerprint density at radius 3 is 2.62 bits per heavy atom. The van der Waals surface area contributed by atoms with Gasteiger partial charge in [-0.2, -0.15) is 5.10 Å². The fourth-order valence-electron chi connectivity index (χ4n) is 1.80. The van der Waals surface area contributed by atoms with Gasteiger partial charge < -0.3 is 0 Å².